The molecule has 1 rings (SSSR count). The summed E-state index contributed by atoms with van der Waals surface area (Å²) in [5.74, 6) is 0.0475. The van der Waals surface area contributed by atoms with Crippen molar-refractivity contribution in [3.05, 3.63) is 35.4 Å². The fraction of sp³-hybridized carbons (Fsp3) is 0.385. The lowest BCUT2D eigenvalue weighted by atomic mass is 9.86. The molecule has 0 heterocycles. The summed E-state index contributed by atoms with van der Waals surface area (Å²) in [5.41, 5.74) is 1.13. The maximum Gasteiger partial charge on any atom is 0.159 e. The van der Waals surface area contributed by atoms with Crippen LogP contribution >= 0.6 is 0 Å². The number of ketones is 1. The first kappa shape index (κ1) is 13.4. The molecule has 2 heteroatoms. The molecule has 0 N–H and O–H groups in total. The van der Waals surface area contributed by atoms with Gasteiger partial charge in [-0.3, -0.25) is 4.79 Å². The standard InChI is InChI=1S/C12H13NO.CH4/c1-9(14)10-4-6-11(7-5-10)12(2,3)8-13;/h4-7H,1-3H3;1H4. The Morgan fingerprint density at radius 1 is 1.27 bits per heavy atom. The van der Waals surface area contributed by atoms with Crippen molar-refractivity contribution in [2.24, 2.45) is 0 Å². The van der Waals surface area contributed by atoms with Crippen LogP contribution in [0.5, 0.6) is 0 Å². The fourth-order valence-electron chi connectivity index (χ4n) is 1.19. The summed E-state index contributed by atoms with van der Waals surface area (Å²) in [4.78, 5) is 11.0. The Morgan fingerprint density at radius 2 is 1.73 bits per heavy atom. The van der Waals surface area contributed by atoms with Gasteiger partial charge in [-0.1, -0.05) is 31.7 Å². The minimum Gasteiger partial charge on any atom is -0.295 e. The molecule has 0 radical (unpaired) electrons. The molecule has 0 aromatic heterocycles. The lowest BCUT2D eigenvalue weighted by Crippen LogP contribution is -2.13. The smallest absolute Gasteiger partial charge is 0.159 e. The molecule has 0 atom stereocenters. The van der Waals surface area contributed by atoms with Gasteiger partial charge in [0.1, 0.15) is 0 Å². The molecule has 0 fully saturated rings. The second-order valence-corrected chi connectivity index (χ2v) is 3.87. The van der Waals surface area contributed by atoms with Gasteiger partial charge in [0.25, 0.3) is 0 Å². The van der Waals surface area contributed by atoms with Gasteiger partial charge < -0.3 is 0 Å². The third-order valence-electron chi connectivity index (χ3n) is 2.29. The predicted octanol–water partition coefficient (Wildman–Crippen LogP) is 3.33. The normalized spacial score (nSPS) is 10.0. The van der Waals surface area contributed by atoms with Gasteiger partial charge >= 0.3 is 0 Å². The second kappa shape index (κ2) is 4.75. The van der Waals surface area contributed by atoms with Crippen molar-refractivity contribution < 1.29 is 4.79 Å². The van der Waals surface area contributed by atoms with Gasteiger partial charge in [0, 0.05) is 5.56 Å². The SMILES string of the molecule is C.CC(=O)c1ccc(C(C)(C)C#N)cc1. The van der Waals surface area contributed by atoms with E-state index < -0.39 is 5.41 Å². The van der Waals surface area contributed by atoms with E-state index >= 15 is 0 Å². The van der Waals surface area contributed by atoms with Crippen LogP contribution in [0.15, 0.2) is 24.3 Å². The van der Waals surface area contributed by atoms with Gasteiger partial charge in [0.2, 0.25) is 0 Å². The van der Waals surface area contributed by atoms with E-state index in [0.29, 0.717) is 5.56 Å². The van der Waals surface area contributed by atoms with Gasteiger partial charge in [-0.2, -0.15) is 5.26 Å². The van der Waals surface area contributed by atoms with Crippen LogP contribution in [0, 0.1) is 11.3 Å². The van der Waals surface area contributed by atoms with E-state index in [0.717, 1.165) is 5.56 Å². The molecule has 1 aromatic carbocycles. The van der Waals surface area contributed by atoms with Crippen molar-refractivity contribution in [1.82, 2.24) is 0 Å². The summed E-state index contributed by atoms with van der Waals surface area (Å²) in [6, 6.07) is 9.41. The molecule has 1 aromatic rings. The summed E-state index contributed by atoms with van der Waals surface area (Å²) in [6.45, 7) is 5.25. The first-order valence-corrected chi connectivity index (χ1v) is 4.50. The van der Waals surface area contributed by atoms with E-state index in [4.69, 9.17) is 5.26 Å². The molecule has 80 valence electrons. The number of carbonyl (C=O) groups excluding carboxylic acids is 1. The molecule has 0 aliphatic rings. The van der Waals surface area contributed by atoms with Crippen LogP contribution in [-0.2, 0) is 5.41 Å². The maximum atomic E-state index is 11.0. The van der Waals surface area contributed by atoms with Crippen molar-refractivity contribution in [1.29, 1.82) is 5.26 Å². The van der Waals surface area contributed by atoms with Gasteiger partial charge in [0.15, 0.2) is 5.78 Å². The molecular weight excluding hydrogens is 186 g/mol. The quantitative estimate of drug-likeness (QED) is 0.692. The summed E-state index contributed by atoms with van der Waals surface area (Å²) in [6.07, 6.45) is 0. The number of rotatable bonds is 2. The minimum absolute atomic E-state index is 0. The zero-order valence-electron chi connectivity index (χ0n) is 8.66. The van der Waals surface area contributed by atoms with Crippen molar-refractivity contribution >= 4 is 5.78 Å². The molecule has 0 amide bonds. The number of nitriles is 1. The highest BCUT2D eigenvalue weighted by Crippen LogP contribution is 2.22. The maximum absolute atomic E-state index is 11.0. The van der Waals surface area contributed by atoms with Crippen LogP contribution in [0.4, 0.5) is 0 Å². The Labute approximate surface area is 91.5 Å². The molecule has 0 saturated heterocycles. The number of hydrogen-bond donors (Lipinski definition) is 0. The van der Waals surface area contributed by atoms with Crippen molar-refractivity contribution in [2.45, 2.75) is 33.6 Å². The Hall–Kier alpha value is -1.62. The molecule has 0 saturated carbocycles. The van der Waals surface area contributed by atoms with Crippen LogP contribution in [0.3, 0.4) is 0 Å². The number of benzene rings is 1. The number of nitrogens with zero attached hydrogens (tertiary/aromatic N) is 1. The van der Waals surface area contributed by atoms with Crippen LogP contribution in [0.25, 0.3) is 0 Å². The van der Waals surface area contributed by atoms with E-state index in [1.807, 2.05) is 26.0 Å². The monoisotopic (exact) mass is 203 g/mol. The molecule has 0 aliphatic carbocycles. The highest BCUT2D eigenvalue weighted by atomic mass is 16.1. The topological polar surface area (TPSA) is 40.9 Å². The number of carbonyl (C=O) groups is 1. The zero-order valence-corrected chi connectivity index (χ0v) is 8.66. The molecule has 15 heavy (non-hydrogen) atoms. The van der Waals surface area contributed by atoms with E-state index in [-0.39, 0.29) is 13.2 Å². The number of hydrogen-bond acceptors (Lipinski definition) is 2. The number of Topliss-reactive ketones (excluding diaryl/α,β-unsaturated/α-hetero) is 1. The first-order valence-electron chi connectivity index (χ1n) is 4.50. The van der Waals surface area contributed by atoms with E-state index in [9.17, 15) is 4.79 Å². The van der Waals surface area contributed by atoms with Crippen LogP contribution in [-0.4, -0.2) is 5.78 Å². The van der Waals surface area contributed by atoms with Crippen molar-refractivity contribution in [3.8, 4) is 6.07 Å². The Kier molecular flexibility index (Phi) is 4.23. The molecule has 0 spiro atoms. The average Bonchev–Trinajstić information content (AvgIpc) is 2.18. The van der Waals surface area contributed by atoms with Gasteiger partial charge in [-0.15, -0.1) is 0 Å². The first-order chi connectivity index (χ1) is 6.47. The summed E-state index contributed by atoms with van der Waals surface area (Å²) >= 11 is 0. The minimum atomic E-state index is -0.491. The Bertz CT molecular complexity index is 382. The molecule has 0 unspecified atom stereocenters. The van der Waals surface area contributed by atoms with E-state index in [2.05, 4.69) is 6.07 Å². The predicted molar refractivity (Wildman–Crippen MR) is 61.8 cm³/mol. The third kappa shape index (κ3) is 2.92. The van der Waals surface area contributed by atoms with E-state index in [1.165, 1.54) is 6.92 Å². The second-order valence-electron chi connectivity index (χ2n) is 3.87. The van der Waals surface area contributed by atoms with E-state index in [1.54, 1.807) is 12.1 Å². The molecule has 2 nitrogen and oxygen atoms in total. The third-order valence-corrected chi connectivity index (χ3v) is 2.29. The van der Waals surface area contributed by atoms with Gasteiger partial charge in [0.05, 0.1) is 11.5 Å². The van der Waals surface area contributed by atoms with Crippen molar-refractivity contribution in [2.75, 3.05) is 0 Å². The Balaban J connectivity index is 0.00000196. The highest BCUT2D eigenvalue weighted by Gasteiger charge is 2.19. The fourth-order valence-corrected chi connectivity index (χ4v) is 1.19. The highest BCUT2D eigenvalue weighted by molar-refractivity contribution is 5.94. The summed E-state index contributed by atoms with van der Waals surface area (Å²) in [5, 5.41) is 8.91. The summed E-state index contributed by atoms with van der Waals surface area (Å²) < 4.78 is 0. The van der Waals surface area contributed by atoms with Crippen LogP contribution < -0.4 is 0 Å². The van der Waals surface area contributed by atoms with Crippen LogP contribution in [0.1, 0.15) is 44.1 Å². The Morgan fingerprint density at radius 3 is 2.07 bits per heavy atom. The molecule has 0 bridgehead atoms. The zero-order chi connectivity index (χ0) is 10.8. The largest absolute Gasteiger partial charge is 0.295 e. The lowest BCUT2D eigenvalue weighted by molar-refractivity contribution is 0.101. The van der Waals surface area contributed by atoms with Gasteiger partial charge in [-0.05, 0) is 26.3 Å². The molecule has 0 aliphatic heterocycles. The average molecular weight is 203 g/mol. The summed E-state index contributed by atoms with van der Waals surface area (Å²) in [7, 11) is 0. The lowest BCUT2D eigenvalue weighted by Gasteiger charge is -2.15. The molecular formula is C13H17NO. The van der Waals surface area contributed by atoms with Crippen molar-refractivity contribution in [3.63, 3.8) is 0 Å². The van der Waals surface area contributed by atoms with Gasteiger partial charge in [-0.25, -0.2) is 0 Å². The van der Waals surface area contributed by atoms with Crippen LogP contribution in [0.2, 0.25) is 0 Å².